The molecule has 2 rings (SSSR count). The van der Waals surface area contributed by atoms with Crippen molar-refractivity contribution in [3.63, 3.8) is 0 Å². The maximum Gasteiger partial charge on any atom is 0.330 e. The largest absolute Gasteiger partial charge is 0.464 e. The molecule has 1 saturated heterocycles. The molecule has 1 fully saturated rings. The van der Waals surface area contributed by atoms with E-state index in [9.17, 15) is 9.59 Å². The fraction of sp³-hybridized carbons (Fsp3) is 0.500. The summed E-state index contributed by atoms with van der Waals surface area (Å²) in [6.45, 7) is 3.40. The van der Waals surface area contributed by atoms with Gasteiger partial charge in [0.2, 0.25) is 0 Å². The summed E-state index contributed by atoms with van der Waals surface area (Å²) in [4.78, 5) is 28.5. The van der Waals surface area contributed by atoms with Crippen LogP contribution in [0.3, 0.4) is 0 Å². The van der Waals surface area contributed by atoms with Gasteiger partial charge in [-0.1, -0.05) is 23.2 Å². The average Bonchev–Trinajstić information content (AvgIpc) is 2.78. The lowest BCUT2D eigenvalue weighted by Crippen LogP contribution is -2.57. The maximum absolute atomic E-state index is 12.4. The van der Waals surface area contributed by atoms with Crippen molar-refractivity contribution >= 4 is 35.1 Å². The molecule has 1 unspecified atom stereocenters. The van der Waals surface area contributed by atoms with Gasteiger partial charge in [0.05, 0.1) is 11.6 Å². The van der Waals surface area contributed by atoms with E-state index in [0.717, 1.165) is 0 Å². The number of halogens is 2. The number of aromatic amines is 1. The maximum atomic E-state index is 12.4. The lowest BCUT2D eigenvalue weighted by Gasteiger charge is -2.34. The molecule has 0 saturated carbocycles. The normalized spacial score (nSPS) is 18.9. The number of aromatic nitrogens is 1. The van der Waals surface area contributed by atoms with Crippen molar-refractivity contribution in [1.82, 2.24) is 15.2 Å². The van der Waals surface area contributed by atoms with E-state index in [1.807, 2.05) is 0 Å². The number of carbonyl (C=O) groups excluding carboxylic acids is 2. The van der Waals surface area contributed by atoms with E-state index < -0.39 is 12.0 Å². The lowest BCUT2D eigenvalue weighted by atomic mass is 10.1. The van der Waals surface area contributed by atoms with Crippen LogP contribution in [0.5, 0.6) is 0 Å². The van der Waals surface area contributed by atoms with Crippen LogP contribution in [0.2, 0.25) is 10.2 Å². The van der Waals surface area contributed by atoms with Gasteiger partial charge >= 0.3 is 5.97 Å². The van der Waals surface area contributed by atoms with Crippen LogP contribution in [-0.4, -0.2) is 54.0 Å². The van der Waals surface area contributed by atoms with E-state index in [4.69, 9.17) is 27.9 Å². The van der Waals surface area contributed by atoms with Crippen LogP contribution in [0.4, 0.5) is 0 Å². The highest BCUT2D eigenvalue weighted by Crippen LogP contribution is 2.23. The van der Waals surface area contributed by atoms with E-state index in [1.54, 1.807) is 6.92 Å². The zero-order valence-corrected chi connectivity index (χ0v) is 12.4. The van der Waals surface area contributed by atoms with E-state index in [2.05, 4.69) is 10.3 Å². The van der Waals surface area contributed by atoms with Crippen LogP contribution in [0.25, 0.3) is 0 Å². The van der Waals surface area contributed by atoms with Crippen molar-refractivity contribution in [3.8, 4) is 0 Å². The molecular weight excluding hydrogens is 305 g/mol. The quantitative estimate of drug-likeness (QED) is 0.823. The number of hydrogen-bond donors (Lipinski definition) is 2. The minimum absolute atomic E-state index is 0.206. The fourth-order valence-corrected chi connectivity index (χ4v) is 2.38. The van der Waals surface area contributed by atoms with Gasteiger partial charge in [0, 0.05) is 19.6 Å². The van der Waals surface area contributed by atoms with Crippen molar-refractivity contribution in [3.05, 3.63) is 21.9 Å². The number of rotatable bonds is 3. The van der Waals surface area contributed by atoms with Crippen LogP contribution >= 0.6 is 23.2 Å². The molecule has 1 aromatic heterocycles. The first kappa shape index (κ1) is 15.2. The number of amides is 1. The van der Waals surface area contributed by atoms with Crippen molar-refractivity contribution in [2.75, 3.05) is 26.2 Å². The minimum atomic E-state index is -0.642. The van der Waals surface area contributed by atoms with Gasteiger partial charge < -0.3 is 19.9 Å². The summed E-state index contributed by atoms with van der Waals surface area (Å²) in [5.74, 6) is -0.741. The molecule has 1 aliphatic heterocycles. The highest BCUT2D eigenvalue weighted by atomic mass is 35.5. The Kier molecular flexibility index (Phi) is 4.91. The summed E-state index contributed by atoms with van der Waals surface area (Å²) < 4.78 is 4.99. The minimum Gasteiger partial charge on any atom is -0.464 e. The molecule has 1 aliphatic rings. The van der Waals surface area contributed by atoms with Crippen molar-refractivity contribution in [2.24, 2.45) is 0 Å². The molecule has 2 N–H and O–H groups in total. The topological polar surface area (TPSA) is 74.4 Å². The highest BCUT2D eigenvalue weighted by molar-refractivity contribution is 6.41. The van der Waals surface area contributed by atoms with Crippen LogP contribution in [0, 0.1) is 0 Å². The summed E-state index contributed by atoms with van der Waals surface area (Å²) in [6, 6.07) is 0.813. The summed E-state index contributed by atoms with van der Waals surface area (Å²) >= 11 is 11.6. The Morgan fingerprint density at radius 1 is 1.50 bits per heavy atom. The Hall–Kier alpha value is -1.24. The highest BCUT2D eigenvalue weighted by Gasteiger charge is 2.34. The smallest absolute Gasteiger partial charge is 0.330 e. The number of piperazine rings is 1. The molecule has 0 bridgehead atoms. The molecule has 0 spiro atoms. The van der Waals surface area contributed by atoms with E-state index in [1.165, 1.54) is 11.0 Å². The predicted molar refractivity (Wildman–Crippen MR) is 75.1 cm³/mol. The first-order valence-electron chi connectivity index (χ1n) is 6.27. The standard InChI is InChI=1S/C12H15Cl2N3O3/c1-2-20-12(19)9-6-15-3-4-17(9)11(18)8-5-7(13)10(14)16-8/h5,9,15-16H,2-4,6H2,1H3. The van der Waals surface area contributed by atoms with Crippen LogP contribution in [-0.2, 0) is 9.53 Å². The van der Waals surface area contributed by atoms with Gasteiger partial charge in [-0.05, 0) is 13.0 Å². The second-order valence-electron chi connectivity index (χ2n) is 4.32. The van der Waals surface area contributed by atoms with Gasteiger partial charge in [0.15, 0.2) is 0 Å². The second-order valence-corrected chi connectivity index (χ2v) is 5.10. The van der Waals surface area contributed by atoms with E-state index >= 15 is 0 Å². The molecular formula is C12H15Cl2N3O3. The number of nitrogens with zero attached hydrogens (tertiary/aromatic N) is 1. The van der Waals surface area contributed by atoms with Crippen LogP contribution < -0.4 is 5.32 Å². The summed E-state index contributed by atoms with van der Waals surface area (Å²) in [7, 11) is 0. The van der Waals surface area contributed by atoms with Gasteiger partial charge in [-0.2, -0.15) is 0 Å². The number of esters is 1. The average molecular weight is 320 g/mol. The number of nitrogens with one attached hydrogen (secondary N) is 2. The van der Waals surface area contributed by atoms with E-state index in [0.29, 0.717) is 19.6 Å². The first-order chi connectivity index (χ1) is 9.54. The van der Waals surface area contributed by atoms with Gasteiger partial charge in [-0.15, -0.1) is 0 Å². The second kappa shape index (κ2) is 6.47. The fourth-order valence-electron chi connectivity index (χ4n) is 2.07. The van der Waals surface area contributed by atoms with Gasteiger partial charge in [-0.25, -0.2) is 4.79 Å². The van der Waals surface area contributed by atoms with Gasteiger partial charge in [-0.3, -0.25) is 4.79 Å². The summed E-state index contributed by atoms with van der Waals surface area (Å²) in [5, 5.41) is 3.55. The Morgan fingerprint density at radius 2 is 2.25 bits per heavy atom. The Morgan fingerprint density at radius 3 is 2.85 bits per heavy atom. The molecule has 1 amide bonds. The van der Waals surface area contributed by atoms with Crippen molar-refractivity contribution < 1.29 is 14.3 Å². The number of H-pyrrole nitrogens is 1. The zero-order chi connectivity index (χ0) is 14.7. The van der Waals surface area contributed by atoms with E-state index in [-0.39, 0.29) is 28.4 Å². The third kappa shape index (κ3) is 3.08. The van der Waals surface area contributed by atoms with Crippen LogP contribution in [0.1, 0.15) is 17.4 Å². The van der Waals surface area contributed by atoms with Crippen molar-refractivity contribution in [1.29, 1.82) is 0 Å². The van der Waals surface area contributed by atoms with Crippen molar-refractivity contribution in [2.45, 2.75) is 13.0 Å². The third-order valence-corrected chi connectivity index (χ3v) is 3.71. The molecule has 0 radical (unpaired) electrons. The zero-order valence-electron chi connectivity index (χ0n) is 10.9. The summed E-state index contributed by atoms with van der Waals surface area (Å²) in [5.41, 5.74) is 0.260. The predicted octanol–water partition coefficient (Wildman–Crippen LogP) is 1.30. The molecule has 6 nitrogen and oxygen atoms in total. The molecule has 110 valence electrons. The first-order valence-corrected chi connectivity index (χ1v) is 7.02. The van der Waals surface area contributed by atoms with Gasteiger partial charge in [0.25, 0.3) is 5.91 Å². The lowest BCUT2D eigenvalue weighted by molar-refractivity contribution is -0.149. The molecule has 0 aliphatic carbocycles. The Bertz CT molecular complexity index is 499. The molecule has 0 aromatic carbocycles. The SMILES string of the molecule is CCOC(=O)C1CNCCN1C(=O)c1cc(Cl)c(Cl)[nH]1. The Balaban J connectivity index is 2.19. The molecule has 1 aromatic rings. The number of hydrogen-bond acceptors (Lipinski definition) is 4. The summed E-state index contributed by atoms with van der Waals surface area (Å²) in [6.07, 6.45) is 0. The molecule has 8 heteroatoms. The monoisotopic (exact) mass is 319 g/mol. The number of ether oxygens (including phenoxy) is 1. The Labute approximate surface area is 126 Å². The van der Waals surface area contributed by atoms with Crippen LogP contribution in [0.15, 0.2) is 6.07 Å². The molecule has 2 heterocycles. The molecule has 1 atom stereocenters. The van der Waals surface area contributed by atoms with Gasteiger partial charge in [0.1, 0.15) is 16.9 Å². The molecule has 20 heavy (non-hydrogen) atoms. The number of carbonyl (C=O) groups is 2. The third-order valence-electron chi connectivity index (χ3n) is 3.02.